The molecule has 0 saturated carbocycles. The minimum Gasteiger partial charge on any atom is -0.484 e. The summed E-state index contributed by atoms with van der Waals surface area (Å²) in [6.45, 7) is 5.84. The maximum atomic E-state index is 12.3. The Balaban J connectivity index is 1.40. The molecule has 2 aromatic carbocycles. The molecular formula is C24H29N5O4. The smallest absolute Gasteiger partial charge is 0.269 e. The third-order valence-corrected chi connectivity index (χ3v) is 5.91. The van der Waals surface area contributed by atoms with Gasteiger partial charge in [-0.15, -0.1) is 0 Å². The molecule has 1 aliphatic rings. The van der Waals surface area contributed by atoms with Crippen molar-refractivity contribution in [1.29, 1.82) is 0 Å². The molecule has 0 bridgehead atoms. The zero-order chi connectivity index (χ0) is 23.2. The molecule has 1 N–H and O–H groups in total. The lowest BCUT2D eigenvalue weighted by molar-refractivity contribution is -0.384. The van der Waals surface area contributed by atoms with Crippen molar-refractivity contribution < 1.29 is 14.5 Å². The van der Waals surface area contributed by atoms with Crippen molar-refractivity contribution in [2.75, 3.05) is 25.0 Å². The van der Waals surface area contributed by atoms with Gasteiger partial charge in [0.25, 0.3) is 11.6 Å². The van der Waals surface area contributed by atoms with E-state index in [0.717, 1.165) is 43.0 Å². The first-order chi connectivity index (χ1) is 16.0. The van der Waals surface area contributed by atoms with E-state index in [1.54, 1.807) is 0 Å². The molecule has 1 fully saturated rings. The van der Waals surface area contributed by atoms with Crippen LogP contribution in [0.2, 0.25) is 0 Å². The first kappa shape index (κ1) is 22.7. The van der Waals surface area contributed by atoms with E-state index in [9.17, 15) is 14.9 Å². The van der Waals surface area contributed by atoms with Crippen LogP contribution in [-0.4, -0.2) is 45.0 Å². The number of fused-ring (bicyclic) bond motifs is 1. The number of anilines is 1. The number of carbonyl (C=O) groups excluding carboxylic acids is 1. The van der Waals surface area contributed by atoms with E-state index in [-0.39, 0.29) is 18.2 Å². The Morgan fingerprint density at radius 1 is 1.12 bits per heavy atom. The highest BCUT2D eigenvalue weighted by atomic mass is 16.6. The van der Waals surface area contributed by atoms with E-state index in [4.69, 9.17) is 9.72 Å². The fraction of sp³-hybridized carbons (Fsp3) is 0.417. The van der Waals surface area contributed by atoms with E-state index in [0.29, 0.717) is 11.4 Å². The molecule has 9 heteroatoms. The summed E-state index contributed by atoms with van der Waals surface area (Å²) in [6, 6.07) is 11.4. The number of benzene rings is 2. The Bertz CT molecular complexity index is 1120. The number of amides is 1. The maximum absolute atomic E-state index is 12.3. The summed E-state index contributed by atoms with van der Waals surface area (Å²) in [6.07, 6.45) is 5.09. The van der Waals surface area contributed by atoms with Crippen molar-refractivity contribution in [2.45, 2.75) is 45.7 Å². The van der Waals surface area contributed by atoms with Crippen LogP contribution < -0.4 is 10.1 Å². The quantitative estimate of drug-likeness (QED) is 0.403. The van der Waals surface area contributed by atoms with Crippen molar-refractivity contribution in [3.8, 4) is 5.75 Å². The summed E-state index contributed by atoms with van der Waals surface area (Å²) in [5.74, 6) is 1.14. The number of carbonyl (C=O) groups is 1. The second kappa shape index (κ2) is 10.4. The number of nitrogens with one attached hydrogen (secondary N) is 1. The van der Waals surface area contributed by atoms with E-state index in [2.05, 4.69) is 21.7 Å². The van der Waals surface area contributed by atoms with Gasteiger partial charge in [-0.3, -0.25) is 19.8 Å². The number of nitro benzene ring substituents is 1. The molecule has 1 aromatic heterocycles. The Morgan fingerprint density at radius 3 is 2.52 bits per heavy atom. The van der Waals surface area contributed by atoms with Crippen molar-refractivity contribution in [3.05, 3.63) is 58.4 Å². The number of hydrogen-bond donors (Lipinski definition) is 1. The van der Waals surface area contributed by atoms with Gasteiger partial charge in [-0.05, 0) is 63.2 Å². The average Bonchev–Trinajstić information content (AvgIpc) is 2.95. The van der Waals surface area contributed by atoms with Crippen LogP contribution in [0.1, 0.15) is 38.4 Å². The number of ether oxygens (including phenoxy) is 1. The van der Waals surface area contributed by atoms with Crippen LogP contribution in [0.15, 0.2) is 42.5 Å². The largest absolute Gasteiger partial charge is 0.484 e. The number of likely N-dealkylation sites (tertiary alicyclic amines) is 1. The maximum Gasteiger partial charge on any atom is 0.269 e. The Labute approximate surface area is 192 Å². The van der Waals surface area contributed by atoms with Crippen molar-refractivity contribution in [3.63, 3.8) is 0 Å². The number of aromatic nitrogens is 2. The number of non-ortho nitro benzene ring substituents is 1. The minimum absolute atomic E-state index is 0.0261. The molecule has 0 unspecified atom stereocenters. The number of nitrogens with zero attached hydrogens (tertiary/aromatic N) is 4. The first-order valence-corrected chi connectivity index (χ1v) is 11.4. The summed E-state index contributed by atoms with van der Waals surface area (Å²) >= 11 is 0. The average molecular weight is 452 g/mol. The molecular weight excluding hydrogens is 422 g/mol. The molecule has 0 radical (unpaired) electrons. The molecule has 174 valence electrons. The van der Waals surface area contributed by atoms with Crippen LogP contribution in [0.25, 0.3) is 11.0 Å². The Kier molecular flexibility index (Phi) is 7.19. The van der Waals surface area contributed by atoms with Crippen molar-refractivity contribution in [2.24, 2.45) is 0 Å². The molecule has 0 aliphatic carbocycles. The number of hydrogen-bond acceptors (Lipinski definition) is 6. The highest BCUT2D eigenvalue weighted by Gasteiger charge is 2.16. The van der Waals surface area contributed by atoms with Gasteiger partial charge in [0.05, 0.1) is 22.5 Å². The fourth-order valence-electron chi connectivity index (χ4n) is 4.24. The Morgan fingerprint density at radius 2 is 1.85 bits per heavy atom. The van der Waals surface area contributed by atoms with Crippen LogP contribution in [-0.2, 0) is 17.9 Å². The fourth-order valence-corrected chi connectivity index (χ4v) is 4.24. The van der Waals surface area contributed by atoms with Gasteiger partial charge >= 0.3 is 0 Å². The van der Waals surface area contributed by atoms with Crippen LogP contribution in [0, 0.1) is 10.1 Å². The van der Waals surface area contributed by atoms with Crippen LogP contribution in [0.5, 0.6) is 5.75 Å². The number of nitro groups is 1. The molecule has 4 rings (SSSR count). The highest BCUT2D eigenvalue weighted by molar-refractivity contribution is 5.94. The zero-order valence-electron chi connectivity index (χ0n) is 18.8. The Hall–Kier alpha value is -3.46. The second-order valence-electron chi connectivity index (χ2n) is 8.25. The summed E-state index contributed by atoms with van der Waals surface area (Å²) < 4.78 is 7.68. The van der Waals surface area contributed by atoms with Gasteiger partial charge < -0.3 is 14.6 Å². The molecule has 9 nitrogen and oxygen atoms in total. The summed E-state index contributed by atoms with van der Waals surface area (Å²) in [4.78, 5) is 29.9. The van der Waals surface area contributed by atoms with E-state index in [1.807, 2.05) is 18.2 Å². The zero-order valence-corrected chi connectivity index (χ0v) is 18.8. The molecule has 33 heavy (non-hydrogen) atoms. The monoisotopic (exact) mass is 451 g/mol. The second-order valence-corrected chi connectivity index (χ2v) is 8.25. The van der Waals surface area contributed by atoms with E-state index >= 15 is 0 Å². The van der Waals surface area contributed by atoms with Crippen molar-refractivity contribution >= 4 is 28.3 Å². The molecule has 1 saturated heterocycles. The third-order valence-electron chi connectivity index (χ3n) is 5.91. The number of imidazole rings is 1. The molecule has 3 aromatic rings. The van der Waals surface area contributed by atoms with E-state index in [1.165, 1.54) is 49.9 Å². The summed E-state index contributed by atoms with van der Waals surface area (Å²) in [7, 11) is 0. The third kappa shape index (κ3) is 5.67. The van der Waals surface area contributed by atoms with Gasteiger partial charge in [-0.25, -0.2) is 4.98 Å². The predicted octanol–water partition coefficient (Wildman–Crippen LogP) is 4.36. The molecule has 0 spiro atoms. The van der Waals surface area contributed by atoms with E-state index < -0.39 is 4.92 Å². The molecule has 0 atom stereocenters. The summed E-state index contributed by atoms with van der Waals surface area (Å²) in [5.41, 5.74) is 2.54. The van der Waals surface area contributed by atoms with Gasteiger partial charge in [-0.2, -0.15) is 0 Å². The molecule has 1 amide bonds. The standard InChI is InChI=1S/C24H29N5O4/c1-2-28-22-12-7-18(15-21(22)26-23(28)16-27-13-5-3-4-6-14-27)25-24(30)17-33-20-10-8-19(9-11-20)29(31)32/h7-12,15H,2-6,13-14,16-17H2,1H3,(H,25,30). The lowest BCUT2D eigenvalue weighted by atomic mass is 10.2. The lowest BCUT2D eigenvalue weighted by Crippen LogP contribution is -2.25. The van der Waals surface area contributed by atoms with Crippen LogP contribution in [0.3, 0.4) is 0 Å². The number of rotatable bonds is 8. The summed E-state index contributed by atoms with van der Waals surface area (Å²) in [5, 5.41) is 13.6. The normalized spacial score (nSPS) is 14.7. The van der Waals surface area contributed by atoms with Gasteiger partial charge in [0.1, 0.15) is 11.6 Å². The van der Waals surface area contributed by atoms with Crippen LogP contribution in [0.4, 0.5) is 11.4 Å². The predicted molar refractivity (Wildman–Crippen MR) is 126 cm³/mol. The lowest BCUT2D eigenvalue weighted by Gasteiger charge is -2.19. The topological polar surface area (TPSA) is 103 Å². The highest BCUT2D eigenvalue weighted by Crippen LogP contribution is 2.23. The first-order valence-electron chi connectivity index (χ1n) is 11.4. The van der Waals surface area contributed by atoms with Crippen molar-refractivity contribution in [1.82, 2.24) is 14.5 Å². The van der Waals surface area contributed by atoms with Gasteiger partial charge in [0, 0.05) is 24.4 Å². The minimum atomic E-state index is -0.480. The van der Waals surface area contributed by atoms with Gasteiger partial charge in [0.2, 0.25) is 0 Å². The SMILES string of the molecule is CCn1c(CN2CCCCCC2)nc2cc(NC(=O)COc3ccc([N+](=O)[O-])cc3)ccc21. The van der Waals surface area contributed by atoms with Gasteiger partial charge in [-0.1, -0.05) is 12.8 Å². The van der Waals surface area contributed by atoms with Gasteiger partial charge in [0.15, 0.2) is 6.61 Å². The molecule has 1 aliphatic heterocycles. The van der Waals surface area contributed by atoms with Crippen LogP contribution >= 0.6 is 0 Å². The molecule has 2 heterocycles. The number of aryl methyl sites for hydroxylation is 1.